The minimum Gasteiger partial charge on any atom is -0.384 e. The first-order valence-electron chi connectivity index (χ1n) is 8.16. The van der Waals surface area contributed by atoms with Crippen LogP contribution in [0.4, 0.5) is 17.3 Å². The number of anilines is 1. The number of hydrogen-bond acceptors (Lipinski definition) is 6. The number of H-pyrrole nitrogens is 1. The van der Waals surface area contributed by atoms with Crippen LogP contribution in [-0.2, 0) is 0 Å². The molecule has 132 valence electrons. The van der Waals surface area contributed by atoms with Crippen LogP contribution in [0.2, 0.25) is 0 Å². The van der Waals surface area contributed by atoms with Crippen molar-refractivity contribution in [3.63, 3.8) is 0 Å². The highest BCUT2D eigenvalue weighted by molar-refractivity contribution is 5.98. The maximum Gasteiger partial charge on any atom is 0.174 e. The molecule has 0 aliphatic carbocycles. The average Bonchev–Trinajstić information content (AvgIpc) is 3.22. The molecular formula is C19H16N8. The second-order valence-corrected chi connectivity index (χ2v) is 5.90. The number of pyridine rings is 2. The van der Waals surface area contributed by atoms with Gasteiger partial charge in [0.25, 0.3) is 0 Å². The molecule has 0 aliphatic rings. The zero-order chi connectivity index (χ0) is 18.8. The highest BCUT2D eigenvalue weighted by Gasteiger charge is 2.09. The standard InChI is InChI=1S/C19H16N8/c20-18(21)13-5-6-16(24-10-13)26-27-17-14-8-11(15-2-1-7-23-15)3-4-12(14)9-25-19(17)22/h1-10,23H,(H3,20,21)(H2,22,25). The van der Waals surface area contributed by atoms with E-state index in [-0.39, 0.29) is 11.7 Å². The Morgan fingerprint density at radius 1 is 1.04 bits per heavy atom. The molecule has 4 aromatic rings. The molecule has 3 heterocycles. The zero-order valence-electron chi connectivity index (χ0n) is 14.2. The van der Waals surface area contributed by atoms with Crippen LogP contribution in [0.5, 0.6) is 0 Å². The predicted octanol–water partition coefficient (Wildman–Crippen LogP) is 3.91. The largest absolute Gasteiger partial charge is 0.384 e. The van der Waals surface area contributed by atoms with Crippen molar-refractivity contribution in [2.75, 3.05) is 5.73 Å². The Balaban J connectivity index is 1.76. The van der Waals surface area contributed by atoms with Crippen molar-refractivity contribution in [2.24, 2.45) is 16.0 Å². The Hall–Kier alpha value is -4.07. The predicted molar refractivity (Wildman–Crippen MR) is 105 cm³/mol. The lowest BCUT2D eigenvalue weighted by atomic mass is 10.1. The maximum atomic E-state index is 7.40. The molecule has 3 aromatic heterocycles. The summed E-state index contributed by atoms with van der Waals surface area (Å²) in [6.45, 7) is 0. The lowest BCUT2D eigenvalue weighted by Gasteiger charge is -2.06. The number of fused-ring (bicyclic) bond motifs is 1. The Morgan fingerprint density at radius 2 is 1.93 bits per heavy atom. The van der Waals surface area contributed by atoms with Gasteiger partial charge in [0, 0.05) is 40.6 Å². The van der Waals surface area contributed by atoms with Crippen LogP contribution in [0, 0.1) is 5.41 Å². The number of amidine groups is 1. The molecule has 27 heavy (non-hydrogen) atoms. The van der Waals surface area contributed by atoms with Gasteiger partial charge in [0.05, 0.1) is 0 Å². The first-order chi connectivity index (χ1) is 13.1. The molecule has 0 saturated carbocycles. The van der Waals surface area contributed by atoms with E-state index in [0.29, 0.717) is 17.1 Å². The van der Waals surface area contributed by atoms with Gasteiger partial charge in [-0.3, -0.25) is 5.41 Å². The van der Waals surface area contributed by atoms with E-state index >= 15 is 0 Å². The summed E-state index contributed by atoms with van der Waals surface area (Å²) < 4.78 is 0. The van der Waals surface area contributed by atoms with Crippen LogP contribution in [0.3, 0.4) is 0 Å². The van der Waals surface area contributed by atoms with E-state index in [9.17, 15) is 0 Å². The summed E-state index contributed by atoms with van der Waals surface area (Å²) in [7, 11) is 0. The molecule has 0 radical (unpaired) electrons. The van der Waals surface area contributed by atoms with E-state index in [4.69, 9.17) is 16.9 Å². The van der Waals surface area contributed by atoms with Gasteiger partial charge in [0.15, 0.2) is 11.6 Å². The maximum absolute atomic E-state index is 7.40. The SMILES string of the molecule is N=C(N)c1ccc(N=Nc2c(N)ncc3ccc(-c4ccc[nH]4)cc23)nc1. The lowest BCUT2D eigenvalue weighted by Crippen LogP contribution is -2.10. The van der Waals surface area contributed by atoms with Crippen molar-refractivity contribution in [1.29, 1.82) is 5.41 Å². The molecule has 0 fully saturated rings. The summed E-state index contributed by atoms with van der Waals surface area (Å²) in [5, 5.41) is 17.6. The first-order valence-corrected chi connectivity index (χ1v) is 8.16. The van der Waals surface area contributed by atoms with E-state index < -0.39 is 0 Å². The highest BCUT2D eigenvalue weighted by Crippen LogP contribution is 2.34. The van der Waals surface area contributed by atoms with E-state index in [2.05, 4.69) is 25.2 Å². The van der Waals surface area contributed by atoms with Gasteiger partial charge < -0.3 is 16.5 Å². The summed E-state index contributed by atoms with van der Waals surface area (Å²) in [6.07, 6.45) is 5.06. The van der Waals surface area contributed by atoms with Crippen LogP contribution in [0.1, 0.15) is 5.56 Å². The van der Waals surface area contributed by atoms with Gasteiger partial charge in [-0.15, -0.1) is 10.2 Å². The molecule has 0 spiro atoms. The minimum atomic E-state index is -0.0506. The fourth-order valence-electron chi connectivity index (χ4n) is 2.70. The number of nitrogen functional groups attached to an aromatic ring is 2. The van der Waals surface area contributed by atoms with Crippen molar-refractivity contribution in [1.82, 2.24) is 15.0 Å². The Bertz CT molecular complexity index is 1140. The molecule has 0 saturated heterocycles. The van der Waals surface area contributed by atoms with Crippen molar-refractivity contribution >= 4 is 33.9 Å². The average molecular weight is 356 g/mol. The fraction of sp³-hybridized carbons (Fsp3) is 0. The molecule has 4 rings (SSSR count). The number of azo groups is 1. The molecule has 0 aliphatic heterocycles. The molecular weight excluding hydrogens is 340 g/mol. The number of aromatic amines is 1. The Labute approximate surface area is 154 Å². The van der Waals surface area contributed by atoms with Crippen LogP contribution in [0.15, 0.2) is 71.3 Å². The normalized spacial score (nSPS) is 11.3. The topological polar surface area (TPSA) is 142 Å². The van der Waals surface area contributed by atoms with Crippen molar-refractivity contribution in [2.45, 2.75) is 0 Å². The molecule has 0 atom stereocenters. The summed E-state index contributed by atoms with van der Waals surface area (Å²) in [4.78, 5) is 11.5. The quantitative estimate of drug-likeness (QED) is 0.250. The fourth-order valence-corrected chi connectivity index (χ4v) is 2.70. The Morgan fingerprint density at radius 3 is 2.63 bits per heavy atom. The first kappa shape index (κ1) is 16.4. The van der Waals surface area contributed by atoms with Crippen LogP contribution in [-0.4, -0.2) is 20.8 Å². The van der Waals surface area contributed by atoms with E-state index in [1.165, 1.54) is 6.20 Å². The van der Waals surface area contributed by atoms with E-state index in [0.717, 1.165) is 22.0 Å². The number of nitrogens with zero attached hydrogens (tertiary/aromatic N) is 4. The minimum absolute atomic E-state index is 0.0506. The van der Waals surface area contributed by atoms with Crippen LogP contribution in [0.25, 0.3) is 22.0 Å². The summed E-state index contributed by atoms with van der Waals surface area (Å²) in [5.41, 5.74) is 14.5. The van der Waals surface area contributed by atoms with Gasteiger partial charge in [-0.1, -0.05) is 12.1 Å². The number of benzene rings is 1. The van der Waals surface area contributed by atoms with Crippen molar-refractivity contribution in [3.05, 3.63) is 66.6 Å². The highest BCUT2D eigenvalue weighted by atomic mass is 15.2. The van der Waals surface area contributed by atoms with Gasteiger partial charge in [-0.25, -0.2) is 9.97 Å². The van der Waals surface area contributed by atoms with Crippen LogP contribution >= 0.6 is 0 Å². The van der Waals surface area contributed by atoms with Gasteiger partial charge in [0.2, 0.25) is 0 Å². The zero-order valence-corrected chi connectivity index (χ0v) is 14.2. The smallest absolute Gasteiger partial charge is 0.174 e. The van der Waals surface area contributed by atoms with Crippen molar-refractivity contribution in [3.8, 4) is 11.3 Å². The molecule has 1 aromatic carbocycles. The molecule has 0 amide bonds. The number of rotatable bonds is 4. The molecule has 8 nitrogen and oxygen atoms in total. The molecule has 0 bridgehead atoms. The third-order valence-electron chi connectivity index (χ3n) is 4.11. The number of nitrogens with two attached hydrogens (primary N) is 2. The van der Waals surface area contributed by atoms with E-state index in [1.807, 2.05) is 36.5 Å². The van der Waals surface area contributed by atoms with Gasteiger partial charge in [0.1, 0.15) is 11.5 Å². The van der Waals surface area contributed by atoms with Gasteiger partial charge >= 0.3 is 0 Å². The third-order valence-corrected chi connectivity index (χ3v) is 4.11. The second-order valence-electron chi connectivity index (χ2n) is 5.90. The second kappa shape index (κ2) is 6.68. The summed E-state index contributed by atoms with van der Waals surface area (Å²) in [5.74, 6) is 0.623. The summed E-state index contributed by atoms with van der Waals surface area (Å²) >= 11 is 0. The summed E-state index contributed by atoms with van der Waals surface area (Å²) in [6, 6.07) is 13.2. The molecule has 6 N–H and O–H groups in total. The molecule has 0 unspecified atom stereocenters. The molecule has 8 heteroatoms. The van der Waals surface area contributed by atoms with Crippen molar-refractivity contribution < 1.29 is 0 Å². The van der Waals surface area contributed by atoms with Gasteiger partial charge in [-0.05, 0) is 35.9 Å². The lowest BCUT2D eigenvalue weighted by molar-refractivity contribution is 1.15. The van der Waals surface area contributed by atoms with E-state index in [1.54, 1.807) is 18.3 Å². The van der Waals surface area contributed by atoms with Crippen LogP contribution < -0.4 is 11.5 Å². The number of nitrogens with one attached hydrogen (secondary N) is 2. The number of aromatic nitrogens is 3. The van der Waals surface area contributed by atoms with Gasteiger partial charge in [-0.2, -0.15) is 0 Å². The number of hydrogen-bond donors (Lipinski definition) is 4. The third kappa shape index (κ3) is 3.23. The Kier molecular flexibility index (Phi) is 4.06. The monoisotopic (exact) mass is 356 g/mol.